The number of amides is 1. The van der Waals surface area contributed by atoms with Gasteiger partial charge in [0.15, 0.2) is 5.13 Å². The Balaban J connectivity index is 1.55. The second kappa shape index (κ2) is 9.61. The number of aromatic nitrogens is 1. The highest BCUT2D eigenvalue weighted by Gasteiger charge is 2.30. The Morgan fingerprint density at radius 3 is 2.77 bits per heavy atom. The lowest BCUT2D eigenvalue weighted by Crippen LogP contribution is -2.20. The highest BCUT2D eigenvalue weighted by atomic mass is 32.1. The molecule has 0 fully saturated rings. The third-order valence-electron chi connectivity index (χ3n) is 4.20. The fourth-order valence-electron chi connectivity index (χ4n) is 2.64. The fourth-order valence-corrected chi connectivity index (χ4v) is 3.37. The predicted octanol–water partition coefficient (Wildman–Crippen LogP) is 4.92. The summed E-state index contributed by atoms with van der Waals surface area (Å²) in [7, 11) is 1.59. The van der Waals surface area contributed by atoms with Gasteiger partial charge in [0.05, 0.1) is 31.0 Å². The van der Waals surface area contributed by atoms with Crippen molar-refractivity contribution in [2.45, 2.75) is 19.5 Å². The van der Waals surface area contributed by atoms with Gasteiger partial charge >= 0.3 is 6.18 Å². The molecule has 6 nitrogen and oxygen atoms in total. The summed E-state index contributed by atoms with van der Waals surface area (Å²) in [5, 5.41) is 8.82. The van der Waals surface area contributed by atoms with Crippen molar-refractivity contribution in [1.29, 1.82) is 0 Å². The zero-order valence-corrected chi connectivity index (χ0v) is 17.5. The van der Waals surface area contributed by atoms with Gasteiger partial charge in [0.25, 0.3) is 0 Å². The van der Waals surface area contributed by atoms with Crippen LogP contribution in [0.15, 0.2) is 52.9 Å². The Bertz CT molecular complexity index is 1100. The summed E-state index contributed by atoms with van der Waals surface area (Å²) in [5.74, 6) is 0.370. The molecule has 2 N–H and O–H groups in total. The number of alkyl halides is 3. The van der Waals surface area contributed by atoms with Crippen LogP contribution in [0, 0.1) is 6.92 Å². The van der Waals surface area contributed by atoms with E-state index in [4.69, 9.17) is 4.74 Å². The Labute approximate surface area is 180 Å². The molecule has 0 spiro atoms. The molecule has 0 radical (unpaired) electrons. The maximum Gasteiger partial charge on any atom is 0.416 e. The molecule has 1 amide bonds. The van der Waals surface area contributed by atoms with Crippen molar-refractivity contribution in [3.05, 3.63) is 70.2 Å². The molecular formula is C21H19F3N4O2S. The molecule has 0 aliphatic carbocycles. The molecule has 0 saturated carbocycles. The van der Waals surface area contributed by atoms with Crippen LogP contribution in [-0.4, -0.2) is 24.2 Å². The lowest BCUT2D eigenvalue weighted by Gasteiger charge is -2.08. The largest absolute Gasteiger partial charge is 0.497 e. The van der Waals surface area contributed by atoms with Crippen LogP contribution in [0.3, 0.4) is 0 Å². The van der Waals surface area contributed by atoms with Gasteiger partial charge in [0.1, 0.15) is 5.75 Å². The van der Waals surface area contributed by atoms with Gasteiger partial charge in [-0.15, -0.1) is 11.3 Å². The van der Waals surface area contributed by atoms with Crippen LogP contribution < -0.4 is 15.5 Å². The fraction of sp³-hybridized carbons (Fsp3) is 0.190. The molecule has 0 bridgehead atoms. The van der Waals surface area contributed by atoms with Crippen molar-refractivity contribution in [3.8, 4) is 5.75 Å². The van der Waals surface area contributed by atoms with E-state index in [0.717, 1.165) is 29.0 Å². The minimum atomic E-state index is -4.42. The first kappa shape index (κ1) is 22.3. The zero-order valence-electron chi connectivity index (χ0n) is 16.7. The molecule has 1 heterocycles. The monoisotopic (exact) mass is 448 g/mol. The number of carbonyl (C=O) groups is 1. The third-order valence-corrected chi connectivity index (χ3v) is 5.01. The number of nitrogens with one attached hydrogen (secondary N) is 2. The molecule has 3 rings (SSSR count). The summed E-state index contributed by atoms with van der Waals surface area (Å²) in [4.78, 5) is 16.3. The maximum absolute atomic E-state index is 12.8. The van der Waals surface area contributed by atoms with Gasteiger partial charge in [-0.3, -0.25) is 4.79 Å². The third kappa shape index (κ3) is 6.29. The number of methoxy groups -OCH3 is 1. The van der Waals surface area contributed by atoms with Crippen molar-refractivity contribution < 1.29 is 22.7 Å². The summed E-state index contributed by atoms with van der Waals surface area (Å²) >= 11 is 1.19. The van der Waals surface area contributed by atoms with Crippen molar-refractivity contribution in [2.75, 3.05) is 12.4 Å². The average molecular weight is 448 g/mol. The summed E-state index contributed by atoms with van der Waals surface area (Å²) in [6.07, 6.45) is -2.90. The van der Waals surface area contributed by atoms with Crippen LogP contribution in [0.5, 0.6) is 5.75 Å². The van der Waals surface area contributed by atoms with E-state index in [1.807, 2.05) is 19.1 Å². The van der Waals surface area contributed by atoms with E-state index in [1.54, 1.807) is 18.6 Å². The van der Waals surface area contributed by atoms with Crippen LogP contribution in [-0.2, 0) is 17.4 Å². The standard InChI is InChI=1S/C21H19F3N4O2S/c1-13-8-18(30-2)7-6-14(13)11-25-28-19(29)10-17-12-31-20(27-17)26-16-5-3-4-15(9-16)21(22,23)24/h3-9,11-12H,10H2,1-2H3,(H,26,27)(H,28,29)/b25-11-. The summed E-state index contributed by atoms with van der Waals surface area (Å²) in [6.45, 7) is 1.90. The van der Waals surface area contributed by atoms with Crippen LogP contribution in [0.1, 0.15) is 22.4 Å². The molecule has 162 valence electrons. The van der Waals surface area contributed by atoms with Crippen molar-refractivity contribution in [1.82, 2.24) is 10.4 Å². The first-order valence-electron chi connectivity index (χ1n) is 9.10. The molecule has 10 heteroatoms. The Kier molecular flexibility index (Phi) is 6.91. The van der Waals surface area contributed by atoms with Gasteiger partial charge < -0.3 is 10.1 Å². The number of thiazole rings is 1. The molecule has 0 saturated heterocycles. The molecule has 2 aromatic carbocycles. The van der Waals surface area contributed by atoms with Crippen molar-refractivity contribution >= 4 is 34.3 Å². The minimum absolute atomic E-state index is 0.0142. The first-order valence-corrected chi connectivity index (χ1v) is 9.98. The SMILES string of the molecule is COc1ccc(/C=N\NC(=O)Cc2csc(Nc3cccc(C(F)(F)F)c3)n2)c(C)c1. The van der Waals surface area contributed by atoms with Crippen LogP contribution in [0.25, 0.3) is 0 Å². The van der Waals surface area contributed by atoms with Gasteiger partial charge in [-0.25, -0.2) is 10.4 Å². The number of aryl methyl sites for hydroxylation is 1. The summed E-state index contributed by atoms with van der Waals surface area (Å²) in [5.41, 5.74) is 4.21. The topological polar surface area (TPSA) is 75.6 Å². The van der Waals surface area contributed by atoms with Crippen LogP contribution in [0.4, 0.5) is 24.0 Å². The van der Waals surface area contributed by atoms with E-state index >= 15 is 0 Å². The number of benzene rings is 2. The second-order valence-corrected chi connectivity index (χ2v) is 7.40. The molecule has 1 aromatic heterocycles. The van der Waals surface area contributed by atoms with E-state index in [1.165, 1.54) is 29.7 Å². The number of hydrogen-bond acceptors (Lipinski definition) is 6. The molecule has 0 aliphatic rings. The van der Waals surface area contributed by atoms with Gasteiger partial charge in [0.2, 0.25) is 5.91 Å². The molecule has 31 heavy (non-hydrogen) atoms. The number of anilines is 2. The summed E-state index contributed by atoms with van der Waals surface area (Å²) in [6, 6.07) is 10.3. The number of hydrogen-bond donors (Lipinski definition) is 2. The number of hydrazone groups is 1. The predicted molar refractivity (Wildman–Crippen MR) is 114 cm³/mol. The average Bonchev–Trinajstić information content (AvgIpc) is 3.15. The van der Waals surface area contributed by atoms with E-state index < -0.39 is 11.7 Å². The Hall–Kier alpha value is -3.40. The summed E-state index contributed by atoms with van der Waals surface area (Å²) < 4.78 is 43.6. The smallest absolute Gasteiger partial charge is 0.416 e. The normalized spacial score (nSPS) is 11.5. The van der Waals surface area contributed by atoms with Gasteiger partial charge in [-0.05, 0) is 54.4 Å². The number of nitrogens with zero attached hydrogens (tertiary/aromatic N) is 2. The zero-order chi connectivity index (χ0) is 22.4. The van der Waals surface area contributed by atoms with Crippen LogP contribution in [0.2, 0.25) is 0 Å². The van der Waals surface area contributed by atoms with E-state index in [-0.39, 0.29) is 18.0 Å². The molecule has 3 aromatic rings. The number of halogens is 3. The lowest BCUT2D eigenvalue weighted by atomic mass is 10.1. The molecular weight excluding hydrogens is 429 g/mol. The lowest BCUT2D eigenvalue weighted by molar-refractivity contribution is -0.137. The highest BCUT2D eigenvalue weighted by Crippen LogP contribution is 2.31. The minimum Gasteiger partial charge on any atom is -0.497 e. The van der Waals surface area contributed by atoms with E-state index in [0.29, 0.717) is 10.8 Å². The molecule has 0 unspecified atom stereocenters. The van der Waals surface area contributed by atoms with E-state index in [2.05, 4.69) is 20.8 Å². The van der Waals surface area contributed by atoms with Gasteiger partial charge in [-0.2, -0.15) is 18.3 Å². The second-order valence-electron chi connectivity index (χ2n) is 6.54. The maximum atomic E-state index is 12.8. The van der Waals surface area contributed by atoms with E-state index in [9.17, 15) is 18.0 Å². The molecule has 0 atom stereocenters. The van der Waals surface area contributed by atoms with Gasteiger partial charge in [-0.1, -0.05) is 6.07 Å². The highest BCUT2D eigenvalue weighted by molar-refractivity contribution is 7.13. The van der Waals surface area contributed by atoms with Crippen molar-refractivity contribution in [3.63, 3.8) is 0 Å². The number of ether oxygens (including phenoxy) is 1. The van der Waals surface area contributed by atoms with Gasteiger partial charge in [0, 0.05) is 11.1 Å². The Morgan fingerprint density at radius 2 is 2.06 bits per heavy atom. The number of rotatable bonds is 7. The molecule has 0 aliphatic heterocycles. The first-order chi connectivity index (χ1) is 14.7. The quantitative estimate of drug-likeness (QED) is 0.398. The van der Waals surface area contributed by atoms with Crippen molar-refractivity contribution in [2.24, 2.45) is 5.10 Å². The van der Waals surface area contributed by atoms with Crippen LogP contribution >= 0.6 is 11.3 Å². The number of carbonyl (C=O) groups excluding carboxylic acids is 1. The Morgan fingerprint density at radius 1 is 1.26 bits per heavy atom.